The first-order chi connectivity index (χ1) is 47.0. The van der Waals surface area contributed by atoms with E-state index in [0.29, 0.717) is 0 Å². The maximum atomic E-state index is 12.9. The molecule has 580 valence electrons. The largest absolute Gasteiger partial charge is 0.394 e. The second-order valence-corrected chi connectivity index (χ2v) is 26.6. The Morgan fingerprint density at radius 1 is 0.260 bits per heavy atom. The Hall–Kier alpha value is -2.58. The van der Waals surface area contributed by atoms with Crippen LogP contribution < -0.4 is 10.6 Å². The third-order valence-corrected chi connectivity index (χ3v) is 19.3. The van der Waals surface area contributed by atoms with E-state index in [1.807, 2.05) is 0 Å². The standard InChI is InChI=1S/C58H98N2O40/c1-12-25(66)34(75)35(76)52(84-12)100-49-32(73)21(10-62)92-58(41(49)82)94-43-24(60-19(8)65)51(91-20(9-61)31(43)72)95-44-26(67)13(2)86-54(36(44)77)97-46-28(69)15(4)88-56(38(46)79)99-48-30(71)17(6)89-57(40(48)81)98-47-29(70)16(5)87-55(39(47)80)96-45-27(68)14(3)85-53(37(45)78)93-42-22(11-63)90-50(83)23(33(42)74)59-18(7)64/h12-17,20-58,61-63,66-83H,9-11H2,1-8H3,(H,59,64)(H,60,65)/t12-,13-,14-,15-,16-,17-,20+,21+,22+,23+,24+,25-,26-,27-,28-,29-,30-,31+,32-,33+,34+,35+,36+,37+,38+,39+,40+,41+,42+,43+,44+,45+,46+,47+,48+,49-,50?,51-,52-,53-,54-,55-,56-,57-,58+/m0/s1. The van der Waals surface area contributed by atoms with E-state index in [4.69, 9.17) is 80.5 Å². The number of carbonyl (C=O) groups excluding carboxylic acids is 2. The van der Waals surface area contributed by atoms with Gasteiger partial charge < -0.3 is 198 Å². The fourth-order valence-corrected chi connectivity index (χ4v) is 13.4. The highest BCUT2D eigenvalue weighted by Gasteiger charge is 2.60. The lowest BCUT2D eigenvalue weighted by Gasteiger charge is -2.50. The number of aliphatic hydroxyl groups excluding tert-OH is 21. The highest BCUT2D eigenvalue weighted by molar-refractivity contribution is 5.73. The number of aliphatic hydroxyl groups is 21. The third-order valence-electron chi connectivity index (χ3n) is 19.3. The molecule has 100 heavy (non-hydrogen) atoms. The molecule has 2 amide bonds. The molecule has 0 aromatic carbocycles. The van der Waals surface area contributed by atoms with E-state index >= 15 is 0 Å². The van der Waals surface area contributed by atoms with Crippen molar-refractivity contribution in [2.45, 2.75) is 332 Å². The van der Waals surface area contributed by atoms with E-state index in [0.717, 1.165) is 13.8 Å². The average Bonchev–Trinajstić information content (AvgIpc) is 0.778. The van der Waals surface area contributed by atoms with Gasteiger partial charge in [0.05, 0.1) is 56.4 Å². The van der Waals surface area contributed by atoms with Gasteiger partial charge in [0.1, 0.15) is 183 Å². The molecular weight excluding hydrogens is 1360 g/mol. The predicted molar refractivity (Wildman–Crippen MR) is 312 cm³/mol. The van der Waals surface area contributed by atoms with Gasteiger partial charge in [0.2, 0.25) is 11.8 Å². The van der Waals surface area contributed by atoms with Crippen molar-refractivity contribution in [3.63, 3.8) is 0 Å². The molecular formula is C58H98N2O40. The number of hydrogen-bond donors (Lipinski definition) is 23. The van der Waals surface area contributed by atoms with Crippen LogP contribution in [0.1, 0.15) is 55.4 Å². The molecule has 1 unspecified atom stereocenters. The van der Waals surface area contributed by atoms with E-state index in [-0.39, 0.29) is 0 Å². The summed E-state index contributed by atoms with van der Waals surface area (Å²) in [5, 5.41) is 239. The molecule has 0 saturated carbocycles. The minimum absolute atomic E-state index is 0.681. The quantitative estimate of drug-likeness (QED) is 0.0507. The van der Waals surface area contributed by atoms with Gasteiger partial charge >= 0.3 is 0 Å². The van der Waals surface area contributed by atoms with E-state index < -0.39 is 308 Å². The van der Waals surface area contributed by atoms with E-state index in [1.54, 1.807) is 0 Å². The molecule has 0 aromatic rings. The lowest BCUT2D eigenvalue weighted by molar-refractivity contribution is -0.395. The molecule has 0 radical (unpaired) electrons. The summed E-state index contributed by atoms with van der Waals surface area (Å²) < 4.78 is 99.1. The van der Waals surface area contributed by atoms with Crippen LogP contribution in [-0.4, -0.2) is 415 Å². The number of nitrogens with one attached hydrogen (secondary N) is 2. The summed E-state index contributed by atoms with van der Waals surface area (Å²) >= 11 is 0. The molecule has 0 aliphatic carbocycles. The highest BCUT2D eigenvalue weighted by atomic mass is 16.8. The van der Waals surface area contributed by atoms with Gasteiger partial charge in [-0.2, -0.15) is 0 Å². The van der Waals surface area contributed by atoms with Crippen molar-refractivity contribution < 1.29 is 197 Å². The summed E-state index contributed by atoms with van der Waals surface area (Å²) in [6.45, 7) is 7.14. The van der Waals surface area contributed by atoms with Gasteiger partial charge in [-0.3, -0.25) is 9.59 Å². The summed E-state index contributed by atoms with van der Waals surface area (Å²) in [4.78, 5) is 24.8. The van der Waals surface area contributed by atoms with Crippen LogP contribution in [0.4, 0.5) is 0 Å². The second-order valence-electron chi connectivity index (χ2n) is 26.6. The monoisotopic (exact) mass is 1460 g/mol. The van der Waals surface area contributed by atoms with Crippen LogP contribution >= 0.6 is 0 Å². The molecule has 9 rings (SSSR count). The minimum Gasteiger partial charge on any atom is -0.394 e. The van der Waals surface area contributed by atoms with E-state index in [9.17, 15) is 117 Å². The lowest BCUT2D eigenvalue weighted by atomic mass is 9.94. The fourth-order valence-electron chi connectivity index (χ4n) is 13.4. The van der Waals surface area contributed by atoms with Gasteiger partial charge in [0.25, 0.3) is 0 Å². The van der Waals surface area contributed by atoms with Crippen LogP contribution in [0.25, 0.3) is 0 Å². The van der Waals surface area contributed by atoms with Crippen LogP contribution in [0.3, 0.4) is 0 Å². The number of carbonyl (C=O) groups is 2. The SMILES string of the molecule is CC(=O)N[C@H]1[C@H](O[C@@H]2[C@@H](O)[C@H](C)O[C@@H](O[C@@H]3[C@@H](O)[C@H](C)O[C@@H](O[C@@H]4[C@@H](O)[C@H](C)O[C@@H](O[C@@H]5[C@@H](O)[C@H](C)O[C@@H](O[C@@H]6[C@@H](O)[C@H](C)O[C@@H](O[C@H]7[C@H](O)[C@@H](NC(C)=O)C(O)O[C@@H]7CO)[C@@H]6O)[C@@H]5O)[C@@H]4O)[C@@H]3O)[C@@H]2O)O[C@H](CO)[C@@H](O)[C@@H]1O[C@H]1O[C@H](CO)[C@H](O)[C@H](O[C@@H]2O[C@@H](C)[C@H](O)[C@@H](O)[C@H]2O)[C@H]1O. The molecule has 42 heteroatoms. The van der Waals surface area contributed by atoms with Gasteiger partial charge in [0, 0.05) is 13.8 Å². The van der Waals surface area contributed by atoms with Crippen molar-refractivity contribution in [3.8, 4) is 0 Å². The Balaban J connectivity index is 0.867. The van der Waals surface area contributed by atoms with Gasteiger partial charge in [-0.25, -0.2) is 0 Å². The average molecular weight is 1460 g/mol. The number of rotatable bonds is 21. The van der Waals surface area contributed by atoms with Crippen molar-refractivity contribution in [1.29, 1.82) is 0 Å². The van der Waals surface area contributed by atoms with Gasteiger partial charge in [-0.15, -0.1) is 0 Å². The van der Waals surface area contributed by atoms with Crippen molar-refractivity contribution in [2.24, 2.45) is 0 Å². The molecule has 0 bridgehead atoms. The van der Waals surface area contributed by atoms with Crippen LogP contribution in [0, 0.1) is 0 Å². The summed E-state index contributed by atoms with van der Waals surface area (Å²) in [5.41, 5.74) is 0. The van der Waals surface area contributed by atoms with Crippen LogP contribution in [0.2, 0.25) is 0 Å². The number of amides is 2. The Kier molecular flexibility index (Phi) is 27.8. The van der Waals surface area contributed by atoms with Gasteiger partial charge in [-0.1, -0.05) is 0 Å². The first kappa shape index (κ1) is 81.5. The Bertz CT molecular complexity index is 2600. The molecule has 0 spiro atoms. The predicted octanol–water partition coefficient (Wildman–Crippen LogP) is -14.2. The molecule has 9 fully saturated rings. The maximum Gasteiger partial charge on any atom is 0.217 e. The normalized spacial score (nSPS) is 53.5. The lowest BCUT2D eigenvalue weighted by Crippen LogP contribution is -2.70. The zero-order valence-corrected chi connectivity index (χ0v) is 55.3. The number of ether oxygens (including phenoxy) is 17. The molecule has 9 aliphatic heterocycles. The van der Waals surface area contributed by atoms with Crippen LogP contribution in [0.15, 0.2) is 0 Å². The minimum atomic E-state index is -2.18. The maximum absolute atomic E-state index is 12.9. The first-order valence-electron chi connectivity index (χ1n) is 32.8. The molecule has 42 nitrogen and oxygen atoms in total. The Morgan fingerprint density at radius 2 is 0.510 bits per heavy atom. The Labute approximate surface area is 570 Å². The van der Waals surface area contributed by atoms with Crippen molar-refractivity contribution in [3.05, 3.63) is 0 Å². The van der Waals surface area contributed by atoms with E-state index in [2.05, 4.69) is 10.6 Å². The van der Waals surface area contributed by atoms with Crippen LogP contribution in [0.5, 0.6) is 0 Å². The molecule has 45 atom stereocenters. The zero-order valence-electron chi connectivity index (χ0n) is 55.3. The molecule has 9 heterocycles. The molecule has 0 aromatic heterocycles. The fraction of sp³-hybridized carbons (Fsp3) is 0.966. The Morgan fingerprint density at radius 3 is 0.840 bits per heavy atom. The first-order valence-corrected chi connectivity index (χ1v) is 32.8. The summed E-state index contributed by atoms with van der Waals surface area (Å²) in [7, 11) is 0. The summed E-state index contributed by atoms with van der Waals surface area (Å²) in [6.07, 6.45) is -77.3. The molecule has 9 aliphatic rings. The topological polar surface area (TPSA) is 640 Å². The highest BCUT2D eigenvalue weighted by Crippen LogP contribution is 2.40. The van der Waals surface area contributed by atoms with Crippen molar-refractivity contribution in [2.75, 3.05) is 19.8 Å². The smallest absolute Gasteiger partial charge is 0.217 e. The van der Waals surface area contributed by atoms with Crippen molar-refractivity contribution in [1.82, 2.24) is 10.6 Å². The molecule has 9 saturated heterocycles. The van der Waals surface area contributed by atoms with Gasteiger partial charge in [0.15, 0.2) is 56.6 Å². The number of hydrogen-bond acceptors (Lipinski definition) is 40. The molecule has 23 N–H and O–H groups in total. The van der Waals surface area contributed by atoms with Gasteiger partial charge in [-0.05, 0) is 41.5 Å². The zero-order chi connectivity index (χ0) is 73.7. The summed E-state index contributed by atoms with van der Waals surface area (Å²) in [5.74, 6) is -1.54. The van der Waals surface area contributed by atoms with E-state index in [1.165, 1.54) is 41.5 Å². The summed E-state index contributed by atoms with van der Waals surface area (Å²) in [6, 6.07) is -3.26. The van der Waals surface area contributed by atoms with Crippen molar-refractivity contribution >= 4 is 11.8 Å². The second kappa shape index (κ2) is 34.1. The third kappa shape index (κ3) is 17.0. The van der Waals surface area contributed by atoms with Crippen LogP contribution in [-0.2, 0) is 90.1 Å².